The summed E-state index contributed by atoms with van der Waals surface area (Å²) in [5.74, 6) is -0.152. The lowest BCUT2D eigenvalue weighted by Gasteiger charge is -2.12. The number of hydrogen-bond acceptors (Lipinski definition) is 2. The van der Waals surface area contributed by atoms with Gasteiger partial charge in [0.2, 0.25) is 5.91 Å². The van der Waals surface area contributed by atoms with E-state index in [4.69, 9.17) is 11.6 Å². The number of halogens is 1. The Kier molecular flexibility index (Phi) is 5.32. The van der Waals surface area contributed by atoms with E-state index in [-0.39, 0.29) is 5.91 Å². The van der Waals surface area contributed by atoms with Crippen molar-refractivity contribution in [2.24, 2.45) is 0 Å². The molecular formula is C11H18ClN3O. The standard InChI is InChI=1S/C11H18ClN3O/c1-3-5-14-11(16)10(12)9-7-13-8-15(9)6-4-2/h7-8,10H,3-6H2,1-2H3,(H,14,16). The fourth-order valence-corrected chi connectivity index (χ4v) is 1.70. The molecule has 0 aliphatic heterocycles. The van der Waals surface area contributed by atoms with E-state index in [1.807, 2.05) is 11.5 Å². The molecule has 0 radical (unpaired) electrons. The highest BCUT2D eigenvalue weighted by atomic mass is 35.5. The van der Waals surface area contributed by atoms with Gasteiger partial charge in [0.15, 0.2) is 5.38 Å². The van der Waals surface area contributed by atoms with Crippen molar-refractivity contribution in [2.75, 3.05) is 6.54 Å². The van der Waals surface area contributed by atoms with Crippen molar-refractivity contribution in [3.05, 3.63) is 18.2 Å². The van der Waals surface area contributed by atoms with Gasteiger partial charge in [-0.3, -0.25) is 4.79 Å². The van der Waals surface area contributed by atoms with E-state index in [2.05, 4.69) is 17.2 Å². The lowest BCUT2D eigenvalue weighted by molar-refractivity contribution is -0.120. The molecule has 0 fully saturated rings. The predicted molar refractivity (Wildman–Crippen MR) is 64.4 cm³/mol. The van der Waals surface area contributed by atoms with Gasteiger partial charge in [0, 0.05) is 13.1 Å². The summed E-state index contributed by atoms with van der Waals surface area (Å²) in [7, 11) is 0. The second kappa shape index (κ2) is 6.53. The minimum atomic E-state index is -0.652. The summed E-state index contributed by atoms with van der Waals surface area (Å²) in [6, 6.07) is 0. The average molecular weight is 244 g/mol. The molecule has 0 aliphatic rings. The zero-order valence-corrected chi connectivity index (χ0v) is 10.5. The summed E-state index contributed by atoms with van der Waals surface area (Å²) in [5, 5.41) is 2.13. The molecule has 0 bridgehead atoms. The Morgan fingerprint density at radius 2 is 2.31 bits per heavy atom. The summed E-state index contributed by atoms with van der Waals surface area (Å²) >= 11 is 6.10. The first-order chi connectivity index (χ1) is 7.70. The second-order valence-electron chi connectivity index (χ2n) is 3.67. The Morgan fingerprint density at radius 1 is 1.56 bits per heavy atom. The SMILES string of the molecule is CCCNC(=O)C(Cl)c1cncn1CCC. The third-order valence-electron chi connectivity index (χ3n) is 2.25. The van der Waals surface area contributed by atoms with Crippen molar-refractivity contribution >= 4 is 17.5 Å². The topological polar surface area (TPSA) is 46.9 Å². The Hall–Kier alpha value is -1.03. The number of nitrogens with one attached hydrogen (secondary N) is 1. The van der Waals surface area contributed by atoms with Crippen LogP contribution in [0, 0.1) is 0 Å². The number of carbonyl (C=O) groups excluding carboxylic acids is 1. The minimum absolute atomic E-state index is 0.152. The lowest BCUT2D eigenvalue weighted by Crippen LogP contribution is -2.28. The molecule has 4 nitrogen and oxygen atoms in total. The van der Waals surface area contributed by atoms with Crippen LogP contribution >= 0.6 is 11.6 Å². The van der Waals surface area contributed by atoms with Crippen LogP contribution < -0.4 is 5.32 Å². The molecule has 16 heavy (non-hydrogen) atoms. The fourth-order valence-electron chi connectivity index (χ4n) is 1.44. The van der Waals surface area contributed by atoms with Gasteiger partial charge in [-0.05, 0) is 12.8 Å². The molecule has 1 unspecified atom stereocenters. The summed E-state index contributed by atoms with van der Waals surface area (Å²) in [4.78, 5) is 15.7. The molecule has 1 atom stereocenters. The van der Waals surface area contributed by atoms with Crippen LogP contribution in [0.2, 0.25) is 0 Å². The number of hydrogen-bond donors (Lipinski definition) is 1. The highest BCUT2D eigenvalue weighted by Gasteiger charge is 2.20. The largest absolute Gasteiger partial charge is 0.354 e. The molecule has 1 heterocycles. The zero-order valence-electron chi connectivity index (χ0n) is 9.74. The number of aromatic nitrogens is 2. The van der Waals surface area contributed by atoms with E-state index in [0.717, 1.165) is 25.1 Å². The van der Waals surface area contributed by atoms with E-state index < -0.39 is 5.38 Å². The van der Waals surface area contributed by atoms with Crippen LogP contribution in [0.15, 0.2) is 12.5 Å². The van der Waals surface area contributed by atoms with Gasteiger partial charge in [0.1, 0.15) is 0 Å². The summed E-state index contributed by atoms with van der Waals surface area (Å²) in [5.41, 5.74) is 0.761. The first-order valence-electron chi connectivity index (χ1n) is 5.62. The zero-order chi connectivity index (χ0) is 12.0. The number of aryl methyl sites for hydroxylation is 1. The van der Waals surface area contributed by atoms with Gasteiger partial charge in [-0.25, -0.2) is 4.98 Å². The smallest absolute Gasteiger partial charge is 0.244 e. The van der Waals surface area contributed by atoms with Crippen LogP contribution in [0.5, 0.6) is 0 Å². The summed E-state index contributed by atoms with van der Waals surface area (Å²) in [6.45, 7) is 5.57. The Labute approximate surface area is 101 Å². The highest BCUT2D eigenvalue weighted by Crippen LogP contribution is 2.20. The minimum Gasteiger partial charge on any atom is -0.354 e. The van der Waals surface area contributed by atoms with Crippen molar-refractivity contribution in [2.45, 2.75) is 38.6 Å². The monoisotopic (exact) mass is 243 g/mol. The summed E-state index contributed by atoms with van der Waals surface area (Å²) in [6.07, 6.45) is 5.26. The Morgan fingerprint density at radius 3 is 2.94 bits per heavy atom. The van der Waals surface area contributed by atoms with Gasteiger partial charge in [-0.15, -0.1) is 11.6 Å². The molecule has 1 N–H and O–H groups in total. The van der Waals surface area contributed by atoms with Crippen molar-refractivity contribution < 1.29 is 4.79 Å². The first kappa shape index (κ1) is 13.0. The second-order valence-corrected chi connectivity index (χ2v) is 4.10. The van der Waals surface area contributed by atoms with E-state index in [0.29, 0.717) is 6.54 Å². The Balaban J connectivity index is 2.67. The molecule has 0 saturated carbocycles. The molecule has 1 aromatic rings. The van der Waals surface area contributed by atoms with E-state index >= 15 is 0 Å². The van der Waals surface area contributed by atoms with Crippen molar-refractivity contribution in [1.29, 1.82) is 0 Å². The molecular weight excluding hydrogens is 226 g/mol. The number of rotatable bonds is 6. The molecule has 1 aromatic heterocycles. The molecule has 0 spiro atoms. The van der Waals surface area contributed by atoms with Crippen molar-refractivity contribution in [3.8, 4) is 0 Å². The predicted octanol–water partition coefficient (Wildman–Crippen LogP) is 2.10. The van der Waals surface area contributed by atoms with Crippen LogP contribution in [0.3, 0.4) is 0 Å². The van der Waals surface area contributed by atoms with Crippen molar-refractivity contribution in [3.63, 3.8) is 0 Å². The van der Waals surface area contributed by atoms with E-state index in [9.17, 15) is 4.79 Å². The number of carbonyl (C=O) groups is 1. The molecule has 5 heteroatoms. The van der Waals surface area contributed by atoms with Gasteiger partial charge in [0.05, 0.1) is 18.2 Å². The average Bonchev–Trinajstić information content (AvgIpc) is 2.73. The van der Waals surface area contributed by atoms with Crippen LogP contribution in [-0.4, -0.2) is 22.0 Å². The first-order valence-corrected chi connectivity index (χ1v) is 6.06. The maximum absolute atomic E-state index is 11.7. The van der Waals surface area contributed by atoms with Gasteiger partial charge >= 0.3 is 0 Å². The fraction of sp³-hybridized carbons (Fsp3) is 0.636. The van der Waals surface area contributed by atoms with E-state index in [1.165, 1.54) is 0 Å². The maximum Gasteiger partial charge on any atom is 0.244 e. The van der Waals surface area contributed by atoms with Gasteiger partial charge in [-0.1, -0.05) is 13.8 Å². The van der Waals surface area contributed by atoms with Crippen LogP contribution in [0.4, 0.5) is 0 Å². The lowest BCUT2D eigenvalue weighted by atomic mass is 10.3. The number of imidazole rings is 1. The molecule has 90 valence electrons. The molecule has 1 amide bonds. The normalized spacial score (nSPS) is 12.4. The van der Waals surface area contributed by atoms with Gasteiger partial charge in [-0.2, -0.15) is 0 Å². The Bertz CT molecular complexity index is 338. The van der Waals surface area contributed by atoms with Crippen molar-refractivity contribution in [1.82, 2.24) is 14.9 Å². The quantitative estimate of drug-likeness (QED) is 0.778. The van der Waals surface area contributed by atoms with Crippen LogP contribution in [0.25, 0.3) is 0 Å². The third kappa shape index (κ3) is 3.23. The third-order valence-corrected chi connectivity index (χ3v) is 2.67. The summed E-state index contributed by atoms with van der Waals surface area (Å²) < 4.78 is 1.92. The number of amides is 1. The molecule has 1 rings (SSSR count). The molecule has 0 aliphatic carbocycles. The molecule has 0 aromatic carbocycles. The van der Waals surface area contributed by atoms with Crippen LogP contribution in [-0.2, 0) is 11.3 Å². The van der Waals surface area contributed by atoms with Gasteiger partial charge in [0.25, 0.3) is 0 Å². The number of alkyl halides is 1. The number of nitrogens with zero attached hydrogens (tertiary/aromatic N) is 2. The van der Waals surface area contributed by atoms with Crippen LogP contribution in [0.1, 0.15) is 37.8 Å². The van der Waals surface area contributed by atoms with E-state index in [1.54, 1.807) is 12.5 Å². The molecule has 0 saturated heterocycles. The maximum atomic E-state index is 11.7. The highest BCUT2D eigenvalue weighted by molar-refractivity contribution is 6.30. The van der Waals surface area contributed by atoms with Gasteiger partial charge < -0.3 is 9.88 Å².